The Morgan fingerprint density at radius 1 is 1.20 bits per heavy atom. The summed E-state index contributed by atoms with van der Waals surface area (Å²) in [5.41, 5.74) is 2.89. The molecule has 2 rings (SSSR count). The summed E-state index contributed by atoms with van der Waals surface area (Å²) in [5, 5.41) is 3.40. The molecule has 0 amide bonds. The molecule has 2 heteroatoms. The molecule has 0 fully saturated rings. The molecular formula is C18H23NO. The predicted octanol–water partition coefficient (Wildman–Crippen LogP) is 4.71. The molecule has 1 aliphatic rings. The summed E-state index contributed by atoms with van der Waals surface area (Å²) in [6, 6.07) is 10.0. The van der Waals surface area contributed by atoms with E-state index in [-0.39, 0.29) is 11.2 Å². The molecule has 0 bridgehead atoms. The fourth-order valence-corrected chi connectivity index (χ4v) is 2.15. The highest BCUT2D eigenvalue weighted by atomic mass is 16.1. The number of anilines is 1. The molecule has 106 valence electrons. The zero-order valence-electron chi connectivity index (χ0n) is 12.6. The van der Waals surface area contributed by atoms with E-state index in [9.17, 15) is 4.79 Å². The molecule has 0 unspecified atom stereocenters. The Balaban J connectivity index is 2.26. The Labute approximate surface area is 121 Å². The predicted molar refractivity (Wildman–Crippen MR) is 84.5 cm³/mol. The summed E-state index contributed by atoms with van der Waals surface area (Å²) in [6.07, 6.45) is 7.32. The van der Waals surface area contributed by atoms with Gasteiger partial charge in [-0.3, -0.25) is 4.79 Å². The van der Waals surface area contributed by atoms with Crippen LogP contribution in [0.5, 0.6) is 0 Å². The Morgan fingerprint density at radius 2 is 1.90 bits per heavy atom. The molecule has 0 saturated heterocycles. The number of allylic oxidation sites excluding steroid dienone is 3. The van der Waals surface area contributed by atoms with E-state index in [0.29, 0.717) is 0 Å². The van der Waals surface area contributed by atoms with Crippen molar-refractivity contribution in [1.82, 2.24) is 0 Å². The summed E-state index contributed by atoms with van der Waals surface area (Å²) < 4.78 is 0. The van der Waals surface area contributed by atoms with E-state index in [1.807, 2.05) is 51.1 Å². The van der Waals surface area contributed by atoms with Crippen LogP contribution in [0.25, 0.3) is 0 Å². The van der Waals surface area contributed by atoms with Gasteiger partial charge in [0.15, 0.2) is 5.78 Å². The van der Waals surface area contributed by atoms with E-state index in [4.69, 9.17) is 0 Å². The average molecular weight is 269 g/mol. The minimum Gasteiger partial charge on any atom is -0.355 e. The van der Waals surface area contributed by atoms with Crippen LogP contribution in [-0.2, 0) is 4.79 Å². The largest absolute Gasteiger partial charge is 0.355 e. The van der Waals surface area contributed by atoms with E-state index in [1.54, 1.807) is 6.08 Å². The van der Waals surface area contributed by atoms with Gasteiger partial charge in [0.25, 0.3) is 0 Å². The van der Waals surface area contributed by atoms with Gasteiger partial charge in [-0.1, -0.05) is 45.0 Å². The number of hydrogen-bond acceptors (Lipinski definition) is 2. The van der Waals surface area contributed by atoms with Gasteiger partial charge in [-0.2, -0.15) is 0 Å². The van der Waals surface area contributed by atoms with Gasteiger partial charge in [-0.05, 0) is 37.0 Å². The molecule has 0 aliphatic heterocycles. The fraction of sp³-hybridized carbons (Fsp3) is 0.389. The lowest BCUT2D eigenvalue weighted by molar-refractivity contribution is -0.121. The van der Waals surface area contributed by atoms with Gasteiger partial charge in [0.2, 0.25) is 0 Å². The van der Waals surface area contributed by atoms with Gasteiger partial charge in [-0.25, -0.2) is 0 Å². The molecule has 1 aromatic rings. The smallest absolute Gasteiger partial charge is 0.163 e. The van der Waals surface area contributed by atoms with Crippen molar-refractivity contribution < 1.29 is 4.79 Å². The van der Waals surface area contributed by atoms with Crippen molar-refractivity contribution in [2.45, 2.75) is 40.0 Å². The zero-order valence-corrected chi connectivity index (χ0v) is 12.6. The molecule has 0 heterocycles. The third-order valence-corrected chi connectivity index (χ3v) is 3.45. The Morgan fingerprint density at radius 3 is 2.45 bits per heavy atom. The lowest BCUT2D eigenvalue weighted by Crippen LogP contribution is -2.19. The summed E-state index contributed by atoms with van der Waals surface area (Å²) in [7, 11) is 0. The first kappa shape index (κ1) is 14.6. The van der Waals surface area contributed by atoms with E-state index in [2.05, 4.69) is 11.4 Å². The van der Waals surface area contributed by atoms with Crippen LogP contribution in [0, 0.1) is 5.41 Å². The van der Waals surface area contributed by atoms with E-state index in [1.165, 1.54) is 12.0 Å². The van der Waals surface area contributed by atoms with E-state index < -0.39 is 0 Å². The second-order valence-corrected chi connectivity index (χ2v) is 6.28. The van der Waals surface area contributed by atoms with Gasteiger partial charge in [0.05, 0.1) is 0 Å². The highest BCUT2D eigenvalue weighted by Gasteiger charge is 2.21. The lowest BCUT2D eigenvalue weighted by atomic mass is 9.89. The topological polar surface area (TPSA) is 29.1 Å². The van der Waals surface area contributed by atoms with Crippen molar-refractivity contribution in [3.63, 3.8) is 0 Å². The SMILES string of the molecule is CC(C)(C)C(=O)/C=C(/Nc1ccccc1)C1=CCCC1. The molecule has 1 N–H and O–H groups in total. The second-order valence-electron chi connectivity index (χ2n) is 6.28. The molecule has 0 saturated carbocycles. The number of ketones is 1. The van der Waals surface area contributed by atoms with Crippen LogP contribution in [0.15, 0.2) is 53.8 Å². The summed E-state index contributed by atoms with van der Waals surface area (Å²) in [5.74, 6) is 0.156. The average Bonchev–Trinajstić information content (AvgIpc) is 2.92. The standard InChI is InChI=1S/C18H23NO/c1-18(2,3)17(20)13-16(14-9-7-8-10-14)19-15-11-5-4-6-12-15/h4-6,9,11-13,19H,7-8,10H2,1-3H3/b16-13+. The van der Waals surface area contributed by atoms with Crippen LogP contribution in [0.4, 0.5) is 5.69 Å². The number of carbonyl (C=O) groups excluding carboxylic acids is 1. The molecule has 0 spiro atoms. The van der Waals surface area contributed by atoms with Crippen molar-refractivity contribution in [1.29, 1.82) is 0 Å². The van der Waals surface area contributed by atoms with Crippen LogP contribution in [0.2, 0.25) is 0 Å². The number of carbonyl (C=O) groups is 1. The minimum absolute atomic E-state index is 0.156. The van der Waals surface area contributed by atoms with Crippen molar-refractivity contribution in [2.75, 3.05) is 5.32 Å². The highest BCUT2D eigenvalue weighted by molar-refractivity contribution is 5.95. The first-order chi connectivity index (χ1) is 9.47. The zero-order chi connectivity index (χ0) is 14.6. The minimum atomic E-state index is -0.344. The number of nitrogens with one attached hydrogen (secondary N) is 1. The van der Waals surface area contributed by atoms with Crippen molar-refractivity contribution in [3.8, 4) is 0 Å². The van der Waals surface area contributed by atoms with Crippen molar-refractivity contribution in [2.24, 2.45) is 5.41 Å². The maximum Gasteiger partial charge on any atom is 0.163 e. The van der Waals surface area contributed by atoms with Crippen LogP contribution < -0.4 is 5.32 Å². The summed E-state index contributed by atoms with van der Waals surface area (Å²) in [6.45, 7) is 5.86. The van der Waals surface area contributed by atoms with Crippen LogP contribution >= 0.6 is 0 Å². The Bertz CT molecular complexity index is 532. The van der Waals surface area contributed by atoms with Crippen LogP contribution in [-0.4, -0.2) is 5.78 Å². The molecule has 1 aromatic carbocycles. The molecule has 2 nitrogen and oxygen atoms in total. The normalized spacial score (nSPS) is 15.9. The fourth-order valence-electron chi connectivity index (χ4n) is 2.15. The number of rotatable bonds is 4. The van der Waals surface area contributed by atoms with Gasteiger partial charge < -0.3 is 5.32 Å². The van der Waals surface area contributed by atoms with Crippen LogP contribution in [0.3, 0.4) is 0 Å². The molecule has 0 radical (unpaired) electrons. The van der Waals surface area contributed by atoms with Gasteiger partial charge in [-0.15, -0.1) is 0 Å². The quantitative estimate of drug-likeness (QED) is 0.802. The maximum atomic E-state index is 12.3. The maximum absolute atomic E-state index is 12.3. The lowest BCUT2D eigenvalue weighted by Gasteiger charge is -2.17. The molecule has 1 aliphatic carbocycles. The monoisotopic (exact) mass is 269 g/mol. The number of hydrogen-bond donors (Lipinski definition) is 1. The third kappa shape index (κ3) is 3.83. The van der Waals surface area contributed by atoms with E-state index in [0.717, 1.165) is 24.2 Å². The molecule has 0 atom stereocenters. The summed E-state index contributed by atoms with van der Waals surface area (Å²) >= 11 is 0. The molecule has 0 aromatic heterocycles. The van der Waals surface area contributed by atoms with E-state index >= 15 is 0 Å². The molecular weight excluding hydrogens is 246 g/mol. The first-order valence-electron chi connectivity index (χ1n) is 7.24. The van der Waals surface area contributed by atoms with Crippen LogP contribution in [0.1, 0.15) is 40.0 Å². The highest BCUT2D eigenvalue weighted by Crippen LogP contribution is 2.27. The Kier molecular flexibility index (Phi) is 4.43. The van der Waals surface area contributed by atoms with Gasteiger partial charge in [0, 0.05) is 22.9 Å². The first-order valence-corrected chi connectivity index (χ1v) is 7.24. The van der Waals surface area contributed by atoms with Gasteiger partial charge >= 0.3 is 0 Å². The third-order valence-electron chi connectivity index (χ3n) is 3.45. The number of benzene rings is 1. The number of para-hydroxylation sites is 1. The second kappa shape index (κ2) is 6.08. The van der Waals surface area contributed by atoms with Crippen molar-refractivity contribution in [3.05, 3.63) is 53.8 Å². The van der Waals surface area contributed by atoms with Crippen molar-refractivity contribution >= 4 is 11.5 Å². The summed E-state index contributed by atoms with van der Waals surface area (Å²) in [4.78, 5) is 12.3. The van der Waals surface area contributed by atoms with Gasteiger partial charge in [0.1, 0.15) is 0 Å². The molecule has 20 heavy (non-hydrogen) atoms. The Hall–Kier alpha value is -1.83.